The van der Waals surface area contributed by atoms with Crippen molar-refractivity contribution in [2.75, 3.05) is 11.9 Å². The number of amides is 2. The van der Waals surface area contributed by atoms with E-state index in [0.29, 0.717) is 21.7 Å². The van der Waals surface area contributed by atoms with Crippen molar-refractivity contribution in [1.82, 2.24) is 15.1 Å². The fraction of sp³-hybridized carbons (Fsp3) is 0.250. The molecule has 1 unspecified atom stereocenters. The van der Waals surface area contributed by atoms with Gasteiger partial charge in [0.1, 0.15) is 5.01 Å². The third-order valence-electron chi connectivity index (χ3n) is 4.97. The highest BCUT2D eigenvalue weighted by Gasteiger charge is 2.18. The van der Waals surface area contributed by atoms with Gasteiger partial charge in [0.05, 0.1) is 0 Å². The van der Waals surface area contributed by atoms with E-state index in [9.17, 15) is 9.59 Å². The molecule has 0 saturated carbocycles. The van der Waals surface area contributed by atoms with Gasteiger partial charge >= 0.3 is 0 Å². The van der Waals surface area contributed by atoms with Crippen molar-refractivity contribution in [2.45, 2.75) is 32.7 Å². The van der Waals surface area contributed by atoms with Gasteiger partial charge in [0.2, 0.25) is 16.9 Å². The van der Waals surface area contributed by atoms with Crippen molar-refractivity contribution in [1.29, 1.82) is 0 Å². The van der Waals surface area contributed by atoms with Gasteiger partial charge in [0.25, 0.3) is 0 Å². The molecule has 166 valence electrons. The molecule has 0 saturated heterocycles. The van der Waals surface area contributed by atoms with E-state index in [2.05, 4.69) is 15.5 Å². The van der Waals surface area contributed by atoms with Crippen LogP contribution in [0.1, 0.15) is 32.3 Å². The molecule has 6 nitrogen and oxygen atoms in total. The van der Waals surface area contributed by atoms with Crippen LogP contribution < -0.4 is 5.32 Å². The number of hydrogen-bond donors (Lipinski definition) is 1. The Morgan fingerprint density at radius 2 is 1.84 bits per heavy atom. The molecular formula is C24H25ClN4O2S. The molecule has 2 amide bonds. The molecule has 2 aromatic carbocycles. The highest BCUT2D eigenvalue weighted by atomic mass is 35.5. The van der Waals surface area contributed by atoms with Crippen LogP contribution in [-0.4, -0.2) is 39.5 Å². The summed E-state index contributed by atoms with van der Waals surface area (Å²) in [5.41, 5.74) is 1.83. The van der Waals surface area contributed by atoms with E-state index in [0.717, 1.165) is 17.5 Å². The highest BCUT2D eigenvalue weighted by Crippen LogP contribution is 2.27. The molecule has 0 aliphatic carbocycles. The van der Waals surface area contributed by atoms with Gasteiger partial charge in [-0.2, -0.15) is 0 Å². The molecule has 3 aromatic rings. The number of nitrogens with zero attached hydrogens (tertiary/aromatic N) is 3. The smallest absolute Gasteiger partial charge is 0.246 e. The normalized spacial score (nSPS) is 12.0. The summed E-state index contributed by atoms with van der Waals surface area (Å²) in [6.45, 7) is 4.32. The van der Waals surface area contributed by atoms with Gasteiger partial charge in [-0.3, -0.25) is 9.59 Å². The number of hydrogen-bond acceptors (Lipinski definition) is 5. The second-order valence-corrected chi connectivity index (χ2v) is 8.66. The zero-order valence-electron chi connectivity index (χ0n) is 18.0. The lowest BCUT2D eigenvalue weighted by atomic mass is 10.1. The molecule has 0 bridgehead atoms. The standard InChI is InChI=1S/C24H25ClN4O2S/c1-3-17(2)29(22(31)14-9-18-7-5-4-6-8-18)16-15-21(30)26-24-28-27-23(32-24)19-10-12-20(25)13-11-19/h4-14,17H,3,15-16H2,1-2H3,(H,26,28,30)/b14-9+. The number of anilines is 1. The summed E-state index contributed by atoms with van der Waals surface area (Å²) in [4.78, 5) is 26.9. The third kappa shape index (κ3) is 6.73. The average Bonchev–Trinajstić information content (AvgIpc) is 3.27. The Balaban J connectivity index is 1.57. The second-order valence-electron chi connectivity index (χ2n) is 7.25. The Bertz CT molecular complexity index is 1070. The minimum atomic E-state index is -0.211. The maximum atomic E-state index is 12.7. The lowest BCUT2D eigenvalue weighted by molar-refractivity contribution is -0.128. The summed E-state index contributed by atoms with van der Waals surface area (Å²) in [6, 6.07) is 16.9. The van der Waals surface area contributed by atoms with Crippen molar-refractivity contribution < 1.29 is 9.59 Å². The largest absolute Gasteiger partial charge is 0.336 e. The molecule has 0 aliphatic heterocycles. The van der Waals surface area contributed by atoms with Crippen LogP contribution in [0, 0.1) is 0 Å². The molecule has 0 radical (unpaired) electrons. The van der Waals surface area contributed by atoms with Crippen molar-refractivity contribution in [2.24, 2.45) is 0 Å². The van der Waals surface area contributed by atoms with Crippen molar-refractivity contribution >= 4 is 46.0 Å². The molecule has 0 spiro atoms. The zero-order valence-corrected chi connectivity index (χ0v) is 19.6. The summed E-state index contributed by atoms with van der Waals surface area (Å²) >= 11 is 7.21. The number of halogens is 1. The van der Waals surface area contributed by atoms with Crippen molar-refractivity contribution in [3.8, 4) is 10.6 Å². The van der Waals surface area contributed by atoms with Crippen LogP contribution >= 0.6 is 22.9 Å². The van der Waals surface area contributed by atoms with Gasteiger partial charge in [-0.05, 0) is 37.1 Å². The summed E-state index contributed by atoms with van der Waals surface area (Å²) < 4.78 is 0. The molecule has 1 N–H and O–H groups in total. The lowest BCUT2D eigenvalue weighted by Crippen LogP contribution is -2.39. The van der Waals surface area contributed by atoms with E-state index in [1.165, 1.54) is 11.3 Å². The first-order chi connectivity index (χ1) is 15.5. The predicted octanol–water partition coefficient (Wildman–Crippen LogP) is 5.53. The molecule has 0 aliphatic rings. The van der Waals surface area contributed by atoms with Gasteiger partial charge in [0.15, 0.2) is 0 Å². The molecule has 1 aromatic heterocycles. The summed E-state index contributed by atoms with van der Waals surface area (Å²) in [5, 5.41) is 12.7. The van der Waals surface area contributed by atoms with Crippen molar-refractivity contribution in [3.63, 3.8) is 0 Å². The van der Waals surface area contributed by atoms with Crippen molar-refractivity contribution in [3.05, 3.63) is 71.3 Å². The minimum absolute atomic E-state index is 0.0220. The molecule has 8 heteroatoms. The summed E-state index contributed by atoms with van der Waals surface area (Å²) in [6.07, 6.45) is 4.32. The molecule has 1 heterocycles. The number of carbonyl (C=O) groups excluding carboxylic acids is 2. The van der Waals surface area contributed by atoms with Crippen LogP contribution in [0.3, 0.4) is 0 Å². The topological polar surface area (TPSA) is 75.2 Å². The maximum absolute atomic E-state index is 12.7. The Kier molecular flexibility index (Phi) is 8.53. The third-order valence-corrected chi connectivity index (χ3v) is 6.11. The molecule has 0 fully saturated rings. The Labute approximate surface area is 196 Å². The first-order valence-corrected chi connectivity index (χ1v) is 11.6. The van der Waals surface area contributed by atoms with E-state index in [-0.39, 0.29) is 24.3 Å². The SMILES string of the molecule is CCC(C)N(CCC(=O)Nc1nnc(-c2ccc(Cl)cc2)s1)C(=O)/C=C/c1ccccc1. The zero-order chi connectivity index (χ0) is 22.9. The van der Waals surface area contributed by atoms with E-state index in [1.807, 2.05) is 56.3 Å². The monoisotopic (exact) mass is 468 g/mol. The molecule has 3 rings (SSSR count). The number of carbonyl (C=O) groups is 2. The molecule has 1 atom stereocenters. The average molecular weight is 469 g/mol. The van der Waals surface area contributed by atoms with Crippen LogP contribution in [0.2, 0.25) is 5.02 Å². The first kappa shape index (κ1) is 23.6. The molecular weight excluding hydrogens is 444 g/mol. The number of rotatable bonds is 9. The van der Waals surface area contributed by atoms with Gasteiger partial charge in [0, 0.05) is 35.7 Å². The summed E-state index contributed by atoms with van der Waals surface area (Å²) in [7, 11) is 0. The maximum Gasteiger partial charge on any atom is 0.246 e. The van der Waals surface area contributed by atoms with Crippen LogP contribution in [0.25, 0.3) is 16.6 Å². The Morgan fingerprint density at radius 1 is 1.12 bits per heavy atom. The quantitative estimate of drug-likeness (QED) is 0.419. The predicted molar refractivity (Wildman–Crippen MR) is 131 cm³/mol. The van der Waals surface area contributed by atoms with Crippen LogP contribution in [0.4, 0.5) is 5.13 Å². The summed E-state index contributed by atoms with van der Waals surface area (Å²) in [5.74, 6) is -0.325. The highest BCUT2D eigenvalue weighted by molar-refractivity contribution is 7.18. The van der Waals surface area contributed by atoms with Crippen LogP contribution in [-0.2, 0) is 9.59 Å². The number of nitrogens with one attached hydrogen (secondary N) is 1. The lowest BCUT2D eigenvalue weighted by Gasteiger charge is -2.27. The second kappa shape index (κ2) is 11.5. The minimum Gasteiger partial charge on any atom is -0.336 e. The van der Waals surface area contributed by atoms with E-state index in [4.69, 9.17) is 11.6 Å². The fourth-order valence-corrected chi connectivity index (χ4v) is 3.87. The van der Waals surface area contributed by atoms with E-state index >= 15 is 0 Å². The van der Waals surface area contributed by atoms with Gasteiger partial charge in [-0.1, -0.05) is 72.3 Å². The van der Waals surface area contributed by atoms with Gasteiger partial charge in [-0.25, -0.2) is 0 Å². The van der Waals surface area contributed by atoms with E-state index < -0.39 is 0 Å². The van der Waals surface area contributed by atoms with Gasteiger partial charge in [-0.15, -0.1) is 10.2 Å². The Morgan fingerprint density at radius 3 is 2.53 bits per heavy atom. The molecule has 32 heavy (non-hydrogen) atoms. The van der Waals surface area contributed by atoms with Crippen LogP contribution in [0.5, 0.6) is 0 Å². The number of benzene rings is 2. The fourth-order valence-electron chi connectivity index (χ4n) is 2.98. The van der Waals surface area contributed by atoms with E-state index in [1.54, 1.807) is 29.2 Å². The first-order valence-electron chi connectivity index (χ1n) is 10.4. The van der Waals surface area contributed by atoms with Crippen LogP contribution in [0.15, 0.2) is 60.7 Å². The Hall–Kier alpha value is -3.03. The van der Waals surface area contributed by atoms with Gasteiger partial charge < -0.3 is 10.2 Å². The number of aromatic nitrogens is 2.